The van der Waals surface area contributed by atoms with Crippen molar-refractivity contribution in [2.24, 2.45) is 11.3 Å². The maximum absolute atomic E-state index is 13.7. The molecule has 25 heavy (non-hydrogen) atoms. The number of benzene rings is 1. The molecule has 0 saturated carbocycles. The Kier molecular flexibility index (Phi) is 6.61. The van der Waals surface area contributed by atoms with Crippen LogP contribution in [0.4, 0.5) is 8.78 Å². The first-order chi connectivity index (χ1) is 11.5. The second-order valence-corrected chi connectivity index (χ2v) is 6.70. The van der Waals surface area contributed by atoms with E-state index in [1.807, 2.05) is 0 Å². The Bertz CT molecular complexity index is 654. The quantitative estimate of drug-likeness (QED) is 0.696. The molecule has 0 saturated heterocycles. The van der Waals surface area contributed by atoms with E-state index in [-0.39, 0.29) is 12.5 Å². The minimum Gasteiger partial charge on any atom is -0.481 e. The molecule has 0 radical (unpaired) electrons. The van der Waals surface area contributed by atoms with Crippen LogP contribution in [-0.4, -0.2) is 35.5 Å². The largest absolute Gasteiger partial charge is 0.481 e. The third-order valence-corrected chi connectivity index (χ3v) is 3.71. The highest BCUT2D eigenvalue weighted by Crippen LogP contribution is 2.15. The van der Waals surface area contributed by atoms with Crippen molar-refractivity contribution in [3.63, 3.8) is 0 Å². The minimum absolute atomic E-state index is 0.158. The van der Waals surface area contributed by atoms with Gasteiger partial charge < -0.3 is 15.7 Å². The zero-order valence-electron chi connectivity index (χ0n) is 14.5. The van der Waals surface area contributed by atoms with Gasteiger partial charge in [0.05, 0.1) is 5.41 Å². The molecule has 1 rings (SSSR count). The van der Waals surface area contributed by atoms with Gasteiger partial charge in [-0.15, -0.1) is 0 Å². The Morgan fingerprint density at radius 1 is 1.16 bits per heavy atom. The van der Waals surface area contributed by atoms with Gasteiger partial charge in [-0.05, 0) is 31.9 Å². The van der Waals surface area contributed by atoms with Crippen LogP contribution < -0.4 is 10.6 Å². The average Bonchev–Trinajstić information content (AvgIpc) is 2.49. The van der Waals surface area contributed by atoms with Crippen LogP contribution in [0, 0.1) is 23.0 Å². The summed E-state index contributed by atoms with van der Waals surface area (Å²) in [5.41, 5.74) is -1.97. The van der Waals surface area contributed by atoms with Crippen molar-refractivity contribution in [1.82, 2.24) is 10.6 Å². The van der Waals surface area contributed by atoms with Crippen LogP contribution in [0.1, 0.15) is 38.1 Å². The molecule has 0 aliphatic rings. The lowest BCUT2D eigenvalue weighted by Gasteiger charge is -2.25. The third-order valence-electron chi connectivity index (χ3n) is 3.71. The highest BCUT2D eigenvalue weighted by atomic mass is 19.1. The summed E-state index contributed by atoms with van der Waals surface area (Å²) in [5.74, 6) is -5.23. The van der Waals surface area contributed by atoms with Crippen LogP contribution >= 0.6 is 0 Å². The molecule has 1 aromatic rings. The standard InChI is InChI=1S/C17H22F2N2O4/c1-9(2)13(15(23)20-8-17(3,4)16(24)25)21-14(22)12-10(18)6-5-7-11(12)19/h5-7,9,13H,8H2,1-4H3,(H,20,23)(H,21,22)(H,24,25). The molecule has 0 aliphatic carbocycles. The Balaban J connectivity index is 2.89. The zero-order valence-corrected chi connectivity index (χ0v) is 14.5. The van der Waals surface area contributed by atoms with Crippen molar-refractivity contribution in [3.8, 4) is 0 Å². The summed E-state index contributed by atoms with van der Waals surface area (Å²) in [5, 5.41) is 13.8. The first kappa shape index (κ1) is 20.5. The molecule has 6 nitrogen and oxygen atoms in total. The van der Waals surface area contributed by atoms with Gasteiger partial charge in [0.25, 0.3) is 5.91 Å². The van der Waals surface area contributed by atoms with Gasteiger partial charge in [0.2, 0.25) is 5.91 Å². The third kappa shape index (κ3) is 5.23. The van der Waals surface area contributed by atoms with E-state index in [1.54, 1.807) is 13.8 Å². The minimum atomic E-state index is -1.20. The lowest BCUT2D eigenvalue weighted by atomic mass is 9.93. The number of nitrogens with one attached hydrogen (secondary N) is 2. The molecule has 0 aliphatic heterocycles. The number of hydrogen-bond acceptors (Lipinski definition) is 3. The highest BCUT2D eigenvalue weighted by Gasteiger charge is 2.31. The molecule has 0 heterocycles. The summed E-state index contributed by atoms with van der Waals surface area (Å²) in [6.07, 6.45) is 0. The summed E-state index contributed by atoms with van der Waals surface area (Å²) in [7, 11) is 0. The molecule has 0 fully saturated rings. The van der Waals surface area contributed by atoms with E-state index in [9.17, 15) is 23.2 Å². The van der Waals surface area contributed by atoms with Crippen molar-refractivity contribution in [3.05, 3.63) is 35.4 Å². The van der Waals surface area contributed by atoms with Crippen LogP contribution in [0.15, 0.2) is 18.2 Å². The predicted octanol–water partition coefficient (Wildman–Crippen LogP) is 1.95. The number of carboxylic acids is 1. The number of rotatable bonds is 7. The van der Waals surface area contributed by atoms with Crippen molar-refractivity contribution in [2.75, 3.05) is 6.54 Å². The first-order valence-corrected chi connectivity index (χ1v) is 7.73. The van der Waals surface area contributed by atoms with Gasteiger partial charge in [-0.1, -0.05) is 19.9 Å². The van der Waals surface area contributed by atoms with Crippen LogP contribution in [0.2, 0.25) is 0 Å². The topological polar surface area (TPSA) is 95.5 Å². The lowest BCUT2D eigenvalue weighted by molar-refractivity contribution is -0.146. The molecule has 8 heteroatoms. The average molecular weight is 356 g/mol. The van der Waals surface area contributed by atoms with Gasteiger partial charge >= 0.3 is 5.97 Å². The van der Waals surface area contributed by atoms with E-state index in [4.69, 9.17) is 5.11 Å². The normalized spacial score (nSPS) is 12.6. The molecule has 138 valence electrons. The first-order valence-electron chi connectivity index (χ1n) is 7.73. The maximum Gasteiger partial charge on any atom is 0.310 e. The van der Waals surface area contributed by atoms with Crippen molar-refractivity contribution >= 4 is 17.8 Å². The van der Waals surface area contributed by atoms with Gasteiger partial charge in [-0.2, -0.15) is 0 Å². The van der Waals surface area contributed by atoms with E-state index >= 15 is 0 Å². The SMILES string of the molecule is CC(C)C(NC(=O)c1c(F)cccc1F)C(=O)NCC(C)(C)C(=O)O. The molecular weight excluding hydrogens is 334 g/mol. The predicted molar refractivity (Wildman–Crippen MR) is 86.9 cm³/mol. The number of carbonyl (C=O) groups excluding carboxylic acids is 2. The fourth-order valence-electron chi connectivity index (χ4n) is 1.96. The molecule has 0 spiro atoms. The van der Waals surface area contributed by atoms with Gasteiger partial charge in [-0.3, -0.25) is 14.4 Å². The number of halogens is 2. The van der Waals surface area contributed by atoms with E-state index in [1.165, 1.54) is 13.8 Å². The Morgan fingerprint density at radius 2 is 1.68 bits per heavy atom. The van der Waals surface area contributed by atoms with Crippen LogP contribution in [0.5, 0.6) is 0 Å². The monoisotopic (exact) mass is 356 g/mol. The second kappa shape index (κ2) is 8.04. The van der Waals surface area contributed by atoms with Gasteiger partial charge in [-0.25, -0.2) is 8.78 Å². The van der Waals surface area contributed by atoms with Crippen LogP contribution in [0.25, 0.3) is 0 Å². The van der Waals surface area contributed by atoms with Crippen molar-refractivity contribution < 1.29 is 28.3 Å². The summed E-state index contributed by atoms with van der Waals surface area (Å²) in [4.78, 5) is 35.5. The Morgan fingerprint density at radius 3 is 2.12 bits per heavy atom. The van der Waals surface area contributed by atoms with Gasteiger partial charge in [0, 0.05) is 6.54 Å². The Hall–Kier alpha value is -2.51. The van der Waals surface area contributed by atoms with E-state index in [0.29, 0.717) is 0 Å². The number of hydrogen-bond donors (Lipinski definition) is 3. The fourth-order valence-corrected chi connectivity index (χ4v) is 1.96. The molecule has 0 bridgehead atoms. The van der Waals surface area contributed by atoms with Crippen molar-refractivity contribution in [2.45, 2.75) is 33.7 Å². The Labute approximate surface area is 144 Å². The van der Waals surface area contributed by atoms with Gasteiger partial charge in [0.15, 0.2) is 0 Å². The van der Waals surface area contributed by atoms with E-state index in [2.05, 4.69) is 10.6 Å². The van der Waals surface area contributed by atoms with Crippen LogP contribution in [0.3, 0.4) is 0 Å². The zero-order chi connectivity index (χ0) is 19.4. The fraction of sp³-hybridized carbons (Fsp3) is 0.471. The number of carboxylic acid groups (broad SMARTS) is 1. The molecule has 1 aromatic carbocycles. The number of amides is 2. The van der Waals surface area contributed by atoms with Crippen molar-refractivity contribution in [1.29, 1.82) is 0 Å². The van der Waals surface area contributed by atoms with Gasteiger partial charge in [0.1, 0.15) is 23.2 Å². The molecule has 0 aromatic heterocycles. The number of carbonyl (C=O) groups is 3. The second-order valence-electron chi connectivity index (χ2n) is 6.70. The molecule has 3 N–H and O–H groups in total. The molecular formula is C17H22F2N2O4. The molecule has 1 atom stereocenters. The van der Waals surface area contributed by atoms with Crippen LogP contribution in [-0.2, 0) is 9.59 Å². The number of aliphatic carboxylic acids is 1. The molecule has 2 amide bonds. The van der Waals surface area contributed by atoms with E-state index < -0.39 is 46.4 Å². The summed E-state index contributed by atoms with van der Waals surface area (Å²) < 4.78 is 27.4. The summed E-state index contributed by atoms with van der Waals surface area (Å²) >= 11 is 0. The van der Waals surface area contributed by atoms with E-state index in [0.717, 1.165) is 18.2 Å². The lowest BCUT2D eigenvalue weighted by Crippen LogP contribution is -2.52. The summed E-state index contributed by atoms with van der Waals surface area (Å²) in [6, 6.07) is 1.94. The summed E-state index contributed by atoms with van der Waals surface area (Å²) in [6.45, 7) is 6.00. The maximum atomic E-state index is 13.7. The molecule has 1 unspecified atom stereocenters. The highest BCUT2D eigenvalue weighted by molar-refractivity contribution is 5.98. The smallest absolute Gasteiger partial charge is 0.310 e.